The molecule has 0 bridgehead atoms. The summed E-state index contributed by atoms with van der Waals surface area (Å²) in [7, 11) is -3.14. The summed E-state index contributed by atoms with van der Waals surface area (Å²) in [4.78, 5) is 14.3. The number of benzene rings is 2. The van der Waals surface area contributed by atoms with Gasteiger partial charge < -0.3 is 9.64 Å². The topological polar surface area (TPSA) is 63.7 Å². The molecule has 1 amide bonds. The van der Waals surface area contributed by atoms with E-state index in [0.29, 0.717) is 12.2 Å². The summed E-state index contributed by atoms with van der Waals surface area (Å²) >= 11 is 3.33. The number of hydrogen-bond donors (Lipinski definition) is 0. The second-order valence-electron chi connectivity index (χ2n) is 6.45. The molecule has 3 rings (SSSR count). The fourth-order valence-electron chi connectivity index (χ4n) is 2.99. The molecular weight excluding hydrogens is 437 g/mol. The summed E-state index contributed by atoms with van der Waals surface area (Å²) < 4.78 is 43.3. The van der Waals surface area contributed by atoms with Crippen molar-refractivity contribution in [1.82, 2.24) is 4.90 Å². The molecule has 0 saturated carbocycles. The number of sulfone groups is 1. The van der Waals surface area contributed by atoms with Gasteiger partial charge in [0.2, 0.25) is 0 Å². The lowest BCUT2D eigenvalue weighted by atomic mass is 10.1. The van der Waals surface area contributed by atoms with E-state index in [4.69, 9.17) is 4.74 Å². The minimum absolute atomic E-state index is 0.0573. The summed E-state index contributed by atoms with van der Waals surface area (Å²) in [6.07, 6.45) is 0.396. The second-order valence-corrected chi connectivity index (χ2v) is 9.59. The van der Waals surface area contributed by atoms with Crippen LogP contribution in [0.1, 0.15) is 12.0 Å². The average Bonchev–Trinajstić information content (AvgIpc) is 3.00. The first-order valence-electron chi connectivity index (χ1n) is 8.45. The smallest absolute Gasteiger partial charge is 0.261 e. The van der Waals surface area contributed by atoms with Crippen molar-refractivity contribution in [3.63, 3.8) is 0 Å². The molecule has 1 fully saturated rings. The van der Waals surface area contributed by atoms with Gasteiger partial charge in [-0.3, -0.25) is 4.79 Å². The van der Waals surface area contributed by atoms with Crippen molar-refractivity contribution in [2.75, 3.05) is 18.1 Å². The maximum absolute atomic E-state index is 13.1. The van der Waals surface area contributed by atoms with E-state index in [1.807, 2.05) is 0 Å². The first-order valence-corrected chi connectivity index (χ1v) is 11.1. The van der Waals surface area contributed by atoms with Crippen LogP contribution in [0.5, 0.6) is 5.75 Å². The highest BCUT2D eigenvalue weighted by molar-refractivity contribution is 9.10. The van der Waals surface area contributed by atoms with Gasteiger partial charge in [-0.2, -0.15) is 0 Å². The maximum atomic E-state index is 13.1. The van der Waals surface area contributed by atoms with E-state index in [2.05, 4.69) is 15.9 Å². The SMILES string of the molecule is O=C(COc1ccc(Br)cc1)N(Cc1ccc(F)cc1)[C@@H]1CCS(=O)(=O)C1. The van der Waals surface area contributed by atoms with Gasteiger partial charge in [0.1, 0.15) is 11.6 Å². The van der Waals surface area contributed by atoms with Gasteiger partial charge in [-0.05, 0) is 48.4 Å². The predicted octanol–water partition coefficient (Wildman–Crippen LogP) is 3.18. The lowest BCUT2D eigenvalue weighted by Crippen LogP contribution is -2.43. The van der Waals surface area contributed by atoms with E-state index in [1.165, 1.54) is 17.0 Å². The molecule has 5 nitrogen and oxygen atoms in total. The molecule has 0 aromatic heterocycles. The Morgan fingerprint density at radius 1 is 1.15 bits per heavy atom. The van der Waals surface area contributed by atoms with Gasteiger partial charge in [0.25, 0.3) is 5.91 Å². The normalized spacial score (nSPS) is 18.2. The number of carbonyl (C=O) groups excluding carboxylic acids is 1. The van der Waals surface area contributed by atoms with Crippen LogP contribution >= 0.6 is 15.9 Å². The van der Waals surface area contributed by atoms with Crippen LogP contribution in [0, 0.1) is 5.82 Å². The number of halogens is 2. The van der Waals surface area contributed by atoms with Crippen LogP contribution in [0.25, 0.3) is 0 Å². The Morgan fingerprint density at radius 2 is 1.81 bits per heavy atom. The molecule has 2 aromatic rings. The molecule has 1 atom stereocenters. The zero-order valence-corrected chi connectivity index (χ0v) is 16.9. The van der Waals surface area contributed by atoms with Crippen LogP contribution in [0.3, 0.4) is 0 Å². The van der Waals surface area contributed by atoms with Crippen molar-refractivity contribution < 1.29 is 22.3 Å². The number of nitrogens with zero attached hydrogens (tertiary/aromatic N) is 1. The third-order valence-electron chi connectivity index (χ3n) is 4.41. The fraction of sp³-hybridized carbons (Fsp3) is 0.316. The van der Waals surface area contributed by atoms with E-state index in [-0.39, 0.29) is 36.4 Å². The molecule has 144 valence electrons. The number of hydrogen-bond acceptors (Lipinski definition) is 4. The summed E-state index contributed by atoms with van der Waals surface area (Å²) in [6.45, 7) is 0.0162. The Kier molecular flexibility index (Phi) is 6.16. The van der Waals surface area contributed by atoms with E-state index in [0.717, 1.165) is 10.0 Å². The van der Waals surface area contributed by atoms with Gasteiger partial charge in [0, 0.05) is 17.1 Å². The van der Waals surface area contributed by atoms with Crippen LogP contribution in [0.2, 0.25) is 0 Å². The number of amides is 1. The largest absolute Gasteiger partial charge is 0.484 e. The van der Waals surface area contributed by atoms with Crippen LogP contribution in [0.4, 0.5) is 4.39 Å². The number of carbonyl (C=O) groups is 1. The Balaban J connectivity index is 1.72. The highest BCUT2D eigenvalue weighted by Gasteiger charge is 2.34. The van der Waals surface area contributed by atoms with Crippen molar-refractivity contribution in [3.05, 3.63) is 64.4 Å². The Hall–Kier alpha value is -1.93. The molecule has 1 saturated heterocycles. The molecule has 0 spiro atoms. The minimum atomic E-state index is -3.14. The molecule has 0 N–H and O–H groups in total. The second kappa shape index (κ2) is 8.39. The fourth-order valence-corrected chi connectivity index (χ4v) is 4.98. The molecule has 27 heavy (non-hydrogen) atoms. The predicted molar refractivity (Wildman–Crippen MR) is 104 cm³/mol. The van der Waals surface area contributed by atoms with Crippen LogP contribution in [0.15, 0.2) is 53.0 Å². The molecular formula is C19H19BrFNO4S. The molecule has 0 unspecified atom stereocenters. The van der Waals surface area contributed by atoms with Crippen LogP contribution in [-0.4, -0.2) is 43.4 Å². The highest BCUT2D eigenvalue weighted by Crippen LogP contribution is 2.21. The van der Waals surface area contributed by atoms with Crippen molar-refractivity contribution in [1.29, 1.82) is 0 Å². The third-order valence-corrected chi connectivity index (χ3v) is 6.69. The van der Waals surface area contributed by atoms with Gasteiger partial charge in [-0.25, -0.2) is 12.8 Å². The zero-order chi connectivity index (χ0) is 19.4. The summed E-state index contributed by atoms with van der Waals surface area (Å²) in [5.41, 5.74) is 0.734. The zero-order valence-electron chi connectivity index (χ0n) is 14.5. The highest BCUT2D eigenvalue weighted by atomic mass is 79.9. The number of ether oxygens (including phenoxy) is 1. The summed E-state index contributed by atoms with van der Waals surface area (Å²) in [5, 5.41) is 0. The monoisotopic (exact) mass is 455 g/mol. The van der Waals surface area contributed by atoms with Crippen molar-refractivity contribution in [2.45, 2.75) is 19.0 Å². The molecule has 8 heteroatoms. The average molecular weight is 456 g/mol. The quantitative estimate of drug-likeness (QED) is 0.670. The van der Waals surface area contributed by atoms with E-state index >= 15 is 0 Å². The Bertz CT molecular complexity index is 900. The number of rotatable bonds is 6. The Morgan fingerprint density at radius 3 is 2.41 bits per heavy atom. The van der Waals surface area contributed by atoms with Crippen molar-refractivity contribution in [2.24, 2.45) is 0 Å². The third kappa shape index (κ3) is 5.52. The van der Waals surface area contributed by atoms with Gasteiger partial charge in [0.15, 0.2) is 16.4 Å². The van der Waals surface area contributed by atoms with Crippen LogP contribution in [-0.2, 0) is 21.2 Å². The first-order chi connectivity index (χ1) is 12.8. The lowest BCUT2D eigenvalue weighted by Gasteiger charge is -2.28. The van der Waals surface area contributed by atoms with Gasteiger partial charge in [-0.1, -0.05) is 28.1 Å². The summed E-state index contributed by atoms with van der Waals surface area (Å²) in [6, 6.07) is 12.5. The Labute approximate surface area is 166 Å². The molecule has 1 aliphatic heterocycles. The minimum Gasteiger partial charge on any atom is -0.484 e. The van der Waals surface area contributed by atoms with E-state index < -0.39 is 15.9 Å². The maximum Gasteiger partial charge on any atom is 0.261 e. The van der Waals surface area contributed by atoms with E-state index in [9.17, 15) is 17.6 Å². The molecule has 2 aromatic carbocycles. The van der Waals surface area contributed by atoms with E-state index in [1.54, 1.807) is 36.4 Å². The van der Waals surface area contributed by atoms with Crippen LogP contribution < -0.4 is 4.74 Å². The van der Waals surface area contributed by atoms with Crippen molar-refractivity contribution >= 4 is 31.7 Å². The molecule has 0 radical (unpaired) electrons. The van der Waals surface area contributed by atoms with Gasteiger partial charge >= 0.3 is 0 Å². The molecule has 0 aliphatic carbocycles. The molecule has 1 heterocycles. The summed E-state index contributed by atoms with van der Waals surface area (Å²) in [5.74, 6) is -0.105. The van der Waals surface area contributed by atoms with Gasteiger partial charge in [-0.15, -0.1) is 0 Å². The van der Waals surface area contributed by atoms with Crippen molar-refractivity contribution in [3.8, 4) is 5.75 Å². The first kappa shape index (κ1) is 19.8. The lowest BCUT2D eigenvalue weighted by molar-refractivity contribution is -0.136. The standard InChI is InChI=1S/C19H19BrFNO4S/c20-15-3-7-18(8-4-15)26-12-19(23)22(17-9-10-27(24,25)13-17)11-14-1-5-16(21)6-2-14/h1-8,17H,9-13H2/t17-/m1/s1. The van der Waals surface area contributed by atoms with Gasteiger partial charge in [0.05, 0.1) is 11.5 Å². The molecule has 1 aliphatic rings.